The first-order valence-corrected chi connectivity index (χ1v) is 6.63. The molecule has 0 fully saturated rings. The zero-order valence-electron chi connectivity index (χ0n) is 11.6. The fourth-order valence-corrected chi connectivity index (χ4v) is 2.58. The topological polar surface area (TPSA) is 56.7 Å². The first-order chi connectivity index (χ1) is 9.37. The highest BCUT2D eigenvalue weighted by molar-refractivity contribution is 8.93. The maximum Gasteiger partial charge on any atom is 0.201 e. The van der Waals surface area contributed by atoms with E-state index in [0.29, 0.717) is 5.52 Å². The number of rotatable bonds is 2. The van der Waals surface area contributed by atoms with Crippen LogP contribution < -0.4 is 5.73 Å². The van der Waals surface area contributed by atoms with Crippen molar-refractivity contribution in [1.82, 2.24) is 14.5 Å². The SMILES string of the molecule is Br.CC(C)(F)Cn1c(N)nc2c(Cl)nc3ccccc3c21. The number of nitrogens with two attached hydrogens (primary N) is 1. The Bertz CT molecular complexity index is 810. The molecule has 0 saturated heterocycles. The van der Waals surface area contributed by atoms with E-state index in [9.17, 15) is 4.39 Å². The summed E-state index contributed by atoms with van der Waals surface area (Å²) in [5.74, 6) is 0.241. The molecule has 0 saturated carbocycles. The van der Waals surface area contributed by atoms with Gasteiger partial charge in [-0.3, -0.25) is 0 Å². The number of nitrogens with zero attached hydrogens (tertiary/aromatic N) is 3. The van der Waals surface area contributed by atoms with Gasteiger partial charge in [0.15, 0.2) is 5.15 Å². The number of pyridine rings is 1. The van der Waals surface area contributed by atoms with E-state index in [1.165, 1.54) is 13.8 Å². The lowest BCUT2D eigenvalue weighted by atomic mass is 10.1. The lowest BCUT2D eigenvalue weighted by molar-refractivity contribution is 0.189. The van der Waals surface area contributed by atoms with Crippen LogP contribution in [-0.2, 0) is 6.54 Å². The molecule has 0 aliphatic carbocycles. The van der Waals surface area contributed by atoms with E-state index < -0.39 is 5.67 Å². The number of imidazole rings is 1. The smallest absolute Gasteiger partial charge is 0.201 e. The predicted molar refractivity (Wildman–Crippen MR) is 90.0 cm³/mol. The minimum atomic E-state index is -1.40. The standard InChI is InChI=1S/C14H14ClFN4.BrH/c1-14(2,16)7-20-11-8-5-3-4-6-9(8)18-12(15)10(11)19-13(20)17;/h3-6H,7H2,1-2H3,(H2,17,19);1H. The average Bonchev–Trinajstić information content (AvgIpc) is 2.66. The molecule has 2 aromatic heterocycles. The predicted octanol–water partition coefficient (Wildman–Crippen LogP) is 4.15. The summed E-state index contributed by atoms with van der Waals surface area (Å²) in [5, 5.41) is 1.14. The van der Waals surface area contributed by atoms with Gasteiger partial charge in [-0.25, -0.2) is 14.4 Å². The molecule has 2 N–H and O–H groups in total. The third kappa shape index (κ3) is 2.82. The molecule has 3 aromatic rings. The van der Waals surface area contributed by atoms with Gasteiger partial charge in [0.2, 0.25) is 5.95 Å². The number of aromatic nitrogens is 3. The van der Waals surface area contributed by atoms with Crippen molar-refractivity contribution in [3.05, 3.63) is 29.4 Å². The third-order valence-electron chi connectivity index (χ3n) is 3.10. The Morgan fingerprint density at radius 1 is 1.29 bits per heavy atom. The van der Waals surface area contributed by atoms with Gasteiger partial charge >= 0.3 is 0 Å². The maximum atomic E-state index is 14.0. The molecule has 2 heterocycles. The lowest BCUT2D eigenvalue weighted by Crippen LogP contribution is -2.22. The number of halogens is 3. The van der Waals surface area contributed by atoms with Gasteiger partial charge in [0.25, 0.3) is 0 Å². The van der Waals surface area contributed by atoms with Crippen molar-refractivity contribution in [2.24, 2.45) is 0 Å². The van der Waals surface area contributed by atoms with Crippen molar-refractivity contribution < 1.29 is 4.39 Å². The Balaban J connectivity index is 0.00000161. The summed E-state index contributed by atoms with van der Waals surface area (Å²) in [4.78, 5) is 8.52. The zero-order valence-corrected chi connectivity index (χ0v) is 14.1. The lowest BCUT2D eigenvalue weighted by Gasteiger charge is -2.17. The molecule has 7 heteroatoms. The van der Waals surface area contributed by atoms with Gasteiger partial charge in [0, 0.05) is 5.39 Å². The highest BCUT2D eigenvalue weighted by Gasteiger charge is 2.22. The van der Waals surface area contributed by atoms with E-state index in [-0.39, 0.29) is 34.6 Å². The monoisotopic (exact) mass is 372 g/mol. The number of nitrogen functional groups attached to an aromatic ring is 1. The second kappa shape index (κ2) is 5.42. The molecule has 0 bridgehead atoms. The number of hydrogen-bond donors (Lipinski definition) is 1. The molecule has 3 rings (SSSR count). The summed E-state index contributed by atoms with van der Waals surface area (Å²) in [5.41, 5.74) is 6.49. The van der Waals surface area contributed by atoms with Gasteiger partial charge in [0.05, 0.1) is 17.6 Å². The average molecular weight is 374 g/mol. The van der Waals surface area contributed by atoms with Crippen molar-refractivity contribution in [2.75, 3.05) is 5.73 Å². The Morgan fingerprint density at radius 2 is 1.95 bits per heavy atom. The van der Waals surface area contributed by atoms with Gasteiger partial charge in [-0.1, -0.05) is 29.8 Å². The molecule has 21 heavy (non-hydrogen) atoms. The third-order valence-corrected chi connectivity index (χ3v) is 3.37. The maximum absolute atomic E-state index is 14.0. The normalized spacial score (nSPS) is 11.8. The van der Waals surface area contributed by atoms with E-state index in [2.05, 4.69) is 9.97 Å². The summed E-state index contributed by atoms with van der Waals surface area (Å²) in [6, 6.07) is 7.53. The van der Waals surface area contributed by atoms with Crippen molar-refractivity contribution in [3.63, 3.8) is 0 Å². The van der Waals surface area contributed by atoms with Crippen molar-refractivity contribution >= 4 is 56.5 Å². The molecule has 4 nitrogen and oxygen atoms in total. The molecular weight excluding hydrogens is 359 g/mol. The van der Waals surface area contributed by atoms with Crippen LogP contribution in [0, 0.1) is 0 Å². The van der Waals surface area contributed by atoms with E-state index in [0.717, 1.165) is 16.4 Å². The van der Waals surface area contributed by atoms with Crippen LogP contribution in [0.1, 0.15) is 13.8 Å². The van der Waals surface area contributed by atoms with Gasteiger partial charge in [-0.2, -0.15) is 0 Å². The summed E-state index contributed by atoms with van der Waals surface area (Å²) in [6.45, 7) is 3.12. The van der Waals surface area contributed by atoms with Crippen LogP contribution >= 0.6 is 28.6 Å². The van der Waals surface area contributed by atoms with E-state index >= 15 is 0 Å². The van der Waals surface area contributed by atoms with E-state index in [1.807, 2.05) is 24.3 Å². The van der Waals surface area contributed by atoms with Gasteiger partial charge < -0.3 is 10.3 Å². The Kier molecular flexibility index (Phi) is 4.13. The van der Waals surface area contributed by atoms with E-state index in [4.69, 9.17) is 17.3 Å². The molecule has 0 spiro atoms. The molecule has 0 radical (unpaired) electrons. The molecule has 0 amide bonds. The van der Waals surface area contributed by atoms with E-state index in [1.54, 1.807) is 4.57 Å². The molecule has 0 aliphatic heterocycles. The number of fused-ring (bicyclic) bond motifs is 3. The highest BCUT2D eigenvalue weighted by Crippen LogP contribution is 2.31. The largest absolute Gasteiger partial charge is 0.369 e. The summed E-state index contributed by atoms with van der Waals surface area (Å²) in [7, 11) is 0. The zero-order chi connectivity index (χ0) is 14.5. The molecular formula is C14H15BrClFN4. The van der Waals surface area contributed by atoms with Crippen LogP contribution in [-0.4, -0.2) is 20.2 Å². The number of para-hydroxylation sites is 1. The van der Waals surface area contributed by atoms with Crippen LogP contribution in [0.2, 0.25) is 5.15 Å². The van der Waals surface area contributed by atoms with Crippen molar-refractivity contribution in [2.45, 2.75) is 26.1 Å². The van der Waals surface area contributed by atoms with Crippen LogP contribution in [0.5, 0.6) is 0 Å². The van der Waals surface area contributed by atoms with Gasteiger partial charge in [-0.15, -0.1) is 17.0 Å². The Morgan fingerprint density at radius 3 is 2.62 bits per heavy atom. The summed E-state index contributed by atoms with van der Waals surface area (Å²) in [6.07, 6.45) is 0. The molecule has 112 valence electrons. The minimum absolute atomic E-state index is 0. The number of alkyl halides is 1. The van der Waals surface area contributed by atoms with Crippen LogP contribution in [0.3, 0.4) is 0 Å². The minimum Gasteiger partial charge on any atom is -0.369 e. The number of benzene rings is 1. The van der Waals surface area contributed by atoms with Crippen LogP contribution in [0.4, 0.5) is 10.3 Å². The Labute approximate surface area is 136 Å². The quantitative estimate of drug-likeness (QED) is 0.687. The van der Waals surface area contributed by atoms with Gasteiger partial charge in [0.1, 0.15) is 11.2 Å². The molecule has 0 unspecified atom stereocenters. The van der Waals surface area contributed by atoms with Crippen LogP contribution in [0.15, 0.2) is 24.3 Å². The van der Waals surface area contributed by atoms with Crippen LogP contribution in [0.25, 0.3) is 21.9 Å². The fourth-order valence-electron chi connectivity index (χ4n) is 2.35. The first-order valence-electron chi connectivity index (χ1n) is 6.26. The second-order valence-corrected chi connectivity index (χ2v) is 5.75. The van der Waals surface area contributed by atoms with Gasteiger partial charge in [-0.05, 0) is 19.9 Å². The highest BCUT2D eigenvalue weighted by atomic mass is 79.9. The Hall–Kier alpha value is -1.40. The summed E-state index contributed by atoms with van der Waals surface area (Å²) < 4.78 is 15.7. The number of hydrogen-bond acceptors (Lipinski definition) is 3. The molecule has 1 aromatic carbocycles. The fraction of sp³-hybridized carbons (Fsp3) is 0.286. The second-order valence-electron chi connectivity index (χ2n) is 5.39. The molecule has 0 aliphatic rings. The molecule has 0 atom stereocenters. The van der Waals surface area contributed by atoms with Crippen molar-refractivity contribution in [1.29, 1.82) is 0 Å². The summed E-state index contributed by atoms with van der Waals surface area (Å²) >= 11 is 6.16. The van der Waals surface area contributed by atoms with Crippen molar-refractivity contribution in [3.8, 4) is 0 Å². The first kappa shape index (κ1) is 16.0. The number of anilines is 1.